The van der Waals surface area contributed by atoms with Gasteiger partial charge in [0.25, 0.3) is 5.19 Å². The Morgan fingerprint density at radius 2 is 1.71 bits per heavy atom. The summed E-state index contributed by atoms with van der Waals surface area (Å²) in [5.41, 5.74) is -1.80. The van der Waals surface area contributed by atoms with Crippen LogP contribution in [-0.4, -0.2) is 35.8 Å². The third kappa shape index (κ3) is 6.32. The van der Waals surface area contributed by atoms with E-state index in [0.717, 1.165) is 48.1 Å². The lowest BCUT2D eigenvalue weighted by molar-refractivity contribution is -0.152. The zero-order valence-corrected chi connectivity index (χ0v) is 20.0. The van der Waals surface area contributed by atoms with Gasteiger partial charge in [0, 0.05) is 30.3 Å². The Bertz CT molecular complexity index is 996. The number of alkyl halides is 6. The molecule has 1 aromatic heterocycles. The third-order valence-corrected chi connectivity index (χ3v) is 6.75. The van der Waals surface area contributed by atoms with Crippen molar-refractivity contribution in [3.63, 3.8) is 0 Å². The smallest absolute Gasteiger partial charge is 0.434 e. The average molecular weight is 525 g/mol. The maximum atomic E-state index is 13.3. The van der Waals surface area contributed by atoms with E-state index < -0.39 is 23.6 Å². The lowest BCUT2D eigenvalue weighted by Crippen LogP contribution is -2.54. The van der Waals surface area contributed by atoms with E-state index in [4.69, 9.17) is 14.3 Å². The van der Waals surface area contributed by atoms with E-state index in [0.29, 0.717) is 13.1 Å². The van der Waals surface area contributed by atoms with E-state index in [1.54, 1.807) is 5.06 Å². The van der Waals surface area contributed by atoms with Gasteiger partial charge in [-0.05, 0) is 37.0 Å². The van der Waals surface area contributed by atoms with Crippen LogP contribution in [0.2, 0.25) is 0 Å². The maximum Gasteiger partial charge on any atom is 0.434 e. The summed E-state index contributed by atoms with van der Waals surface area (Å²) in [6.45, 7) is 4.85. The van der Waals surface area contributed by atoms with Crippen molar-refractivity contribution in [1.82, 2.24) is 10.0 Å². The molecule has 0 spiro atoms. The molecule has 1 aliphatic heterocycles. The van der Waals surface area contributed by atoms with Gasteiger partial charge in [0.15, 0.2) is 17.2 Å². The summed E-state index contributed by atoms with van der Waals surface area (Å²) in [6, 6.07) is 3.24. The molecule has 2 aromatic rings. The molecule has 0 amide bonds. The predicted octanol–water partition coefficient (Wildman–Crippen LogP) is 6.69. The zero-order valence-electron chi connectivity index (χ0n) is 19.2. The Kier molecular flexibility index (Phi) is 7.42. The Balaban J connectivity index is 1.48. The number of aromatic nitrogens is 1. The van der Waals surface area contributed by atoms with Gasteiger partial charge in [0.2, 0.25) is 0 Å². The summed E-state index contributed by atoms with van der Waals surface area (Å²) >= 11 is 0.780. The van der Waals surface area contributed by atoms with Gasteiger partial charge in [0.05, 0.1) is 12.2 Å². The van der Waals surface area contributed by atoms with Gasteiger partial charge in [-0.3, -0.25) is 0 Å². The van der Waals surface area contributed by atoms with Gasteiger partial charge in [-0.1, -0.05) is 31.6 Å². The molecule has 1 saturated carbocycles. The van der Waals surface area contributed by atoms with Crippen LogP contribution >= 0.6 is 11.3 Å². The van der Waals surface area contributed by atoms with Crippen molar-refractivity contribution in [3.8, 4) is 16.7 Å². The Hall–Kier alpha value is -2.21. The van der Waals surface area contributed by atoms with Crippen LogP contribution < -0.4 is 14.3 Å². The molecule has 0 unspecified atom stereocenters. The minimum Gasteiger partial charge on any atom is -0.489 e. The van der Waals surface area contributed by atoms with E-state index in [2.05, 4.69) is 4.98 Å². The molecule has 2 heterocycles. The molecule has 1 saturated heterocycles. The second-order valence-corrected chi connectivity index (χ2v) is 10.2. The van der Waals surface area contributed by atoms with Gasteiger partial charge in [-0.2, -0.15) is 31.3 Å². The maximum absolute atomic E-state index is 13.3. The molecule has 2 aliphatic rings. The van der Waals surface area contributed by atoms with Crippen LogP contribution in [0.1, 0.15) is 44.4 Å². The first-order chi connectivity index (χ1) is 16.4. The number of hydrogen-bond donors (Lipinski definition) is 0. The standard InChI is InChI=1S/C23H26F6N2O3S/c1-13(2)11-32-18-8-16(22(24,25)26)6-7-17(18)33-20-14-4-3-5-15(20)10-31(9-14)34-21-30-19(12-35-21)23(27,28)29/h6-8,12-15,20H,3-5,9-11H2,1-2H3/t14-,15-/m0/s1. The van der Waals surface area contributed by atoms with Gasteiger partial charge in [0.1, 0.15) is 6.10 Å². The predicted molar refractivity (Wildman–Crippen MR) is 116 cm³/mol. The summed E-state index contributed by atoms with van der Waals surface area (Å²) in [5.74, 6) is 0.396. The SMILES string of the molecule is CC(C)COc1cc(C(F)(F)F)ccc1OC1[C@H]2CCC[C@H]1CN(Oc1nc(C(F)(F)F)cs1)C2. The van der Waals surface area contributed by atoms with Gasteiger partial charge < -0.3 is 14.3 Å². The van der Waals surface area contributed by atoms with Crippen molar-refractivity contribution >= 4 is 11.3 Å². The van der Waals surface area contributed by atoms with Gasteiger partial charge in [-0.15, -0.1) is 5.06 Å². The molecule has 35 heavy (non-hydrogen) atoms. The van der Waals surface area contributed by atoms with Crippen LogP contribution in [0.3, 0.4) is 0 Å². The molecule has 0 radical (unpaired) electrons. The van der Waals surface area contributed by atoms with Gasteiger partial charge in [-0.25, -0.2) is 0 Å². The van der Waals surface area contributed by atoms with Crippen LogP contribution in [0.15, 0.2) is 23.6 Å². The van der Waals surface area contributed by atoms with Gasteiger partial charge >= 0.3 is 12.4 Å². The molecule has 2 bridgehead atoms. The number of ether oxygens (including phenoxy) is 2. The van der Waals surface area contributed by atoms with E-state index in [1.807, 2.05) is 13.8 Å². The van der Waals surface area contributed by atoms with Crippen molar-refractivity contribution in [2.24, 2.45) is 17.8 Å². The lowest BCUT2D eigenvalue weighted by atomic mass is 9.75. The Morgan fingerprint density at radius 1 is 1.03 bits per heavy atom. The highest BCUT2D eigenvalue weighted by Gasteiger charge is 2.43. The monoisotopic (exact) mass is 524 g/mol. The number of rotatable bonds is 7. The van der Waals surface area contributed by atoms with Crippen molar-refractivity contribution < 1.29 is 40.7 Å². The first-order valence-corrected chi connectivity index (χ1v) is 12.2. The fourth-order valence-corrected chi connectivity index (χ4v) is 5.15. The molecule has 2 atom stereocenters. The number of piperidine rings is 1. The topological polar surface area (TPSA) is 43.8 Å². The molecule has 5 nitrogen and oxygen atoms in total. The molecule has 1 aliphatic carbocycles. The molecule has 194 valence electrons. The van der Waals surface area contributed by atoms with E-state index >= 15 is 0 Å². The molecular formula is C23H26F6N2O3S. The largest absolute Gasteiger partial charge is 0.489 e. The van der Waals surface area contributed by atoms with Crippen LogP contribution in [0.5, 0.6) is 16.7 Å². The number of nitrogens with zero attached hydrogens (tertiary/aromatic N) is 2. The minimum absolute atomic E-state index is 0.00945. The Labute approximate surface area is 202 Å². The van der Waals surface area contributed by atoms with Crippen LogP contribution in [0, 0.1) is 17.8 Å². The Morgan fingerprint density at radius 3 is 2.29 bits per heavy atom. The number of thiazole rings is 1. The molecule has 2 fully saturated rings. The molecule has 4 rings (SSSR count). The number of fused-ring (bicyclic) bond motifs is 2. The normalized spacial score (nSPS) is 23.4. The molecule has 1 aromatic carbocycles. The second kappa shape index (κ2) is 10.0. The average Bonchev–Trinajstić information content (AvgIpc) is 3.21. The van der Waals surface area contributed by atoms with Crippen molar-refractivity contribution in [3.05, 3.63) is 34.8 Å². The van der Waals surface area contributed by atoms with Crippen molar-refractivity contribution in [2.75, 3.05) is 19.7 Å². The summed E-state index contributed by atoms with van der Waals surface area (Å²) in [4.78, 5) is 9.16. The highest BCUT2D eigenvalue weighted by molar-refractivity contribution is 7.11. The van der Waals surface area contributed by atoms with E-state index in [-0.39, 0.29) is 47.2 Å². The van der Waals surface area contributed by atoms with Crippen LogP contribution in [0.25, 0.3) is 0 Å². The molecule has 0 N–H and O–H groups in total. The minimum atomic E-state index is -4.54. The van der Waals surface area contributed by atoms with Crippen LogP contribution in [-0.2, 0) is 12.4 Å². The van der Waals surface area contributed by atoms with Crippen molar-refractivity contribution in [1.29, 1.82) is 0 Å². The first kappa shape index (κ1) is 25.9. The summed E-state index contributed by atoms with van der Waals surface area (Å²) < 4.78 is 90.2. The van der Waals surface area contributed by atoms with E-state index in [1.165, 1.54) is 6.07 Å². The fourth-order valence-electron chi connectivity index (χ4n) is 4.45. The quantitative estimate of drug-likeness (QED) is 0.378. The number of hydrogen-bond acceptors (Lipinski definition) is 6. The van der Waals surface area contributed by atoms with Crippen LogP contribution in [0.4, 0.5) is 26.3 Å². The second-order valence-electron chi connectivity index (χ2n) is 9.33. The summed E-state index contributed by atoms with van der Waals surface area (Å²) in [7, 11) is 0. The number of benzene rings is 1. The first-order valence-electron chi connectivity index (χ1n) is 11.4. The molecule has 12 heteroatoms. The fraction of sp³-hybridized carbons (Fsp3) is 0.609. The number of hydroxylamine groups is 2. The lowest BCUT2D eigenvalue weighted by Gasteiger charge is -2.45. The highest BCUT2D eigenvalue weighted by atomic mass is 32.1. The summed E-state index contributed by atoms with van der Waals surface area (Å²) in [5, 5.41) is 2.44. The van der Waals surface area contributed by atoms with Crippen molar-refractivity contribution in [2.45, 2.75) is 51.6 Å². The van der Waals surface area contributed by atoms with E-state index in [9.17, 15) is 26.3 Å². The number of halogens is 6. The highest BCUT2D eigenvalue weighted by Crippen LogP contribution is 2.42. The summed E-state index contributed by atoms with van der Waals surface area (Å²) in [6.07, 6.45) is -6.75. The third-order valence-electron chi connectivity index (χ3n) is 6.04. The molecular weight excluding hydrogens is 498 g/mol. The zero-order chi connectivity index (χ0) is 25.4.